The Morgan fingerprint density at radius 3 is 2.40 bits per heavy atom. The SMILES string of the molecule is O=C(c1cnc(C2CC2)o1)N1CCC(O)(Cc2nn(-c3ccc(N4CCC(F)(F)CC4)cc3)c3nc[nH]c(=O)c23)CC1. The lowest BCUT2D eigenvalue weighted by Crippen LogP contribution is -2.47. The van der Waals surface area contributed by atoms with E-state index in [4.69, 9.17) is 9.52 Å². The summed E-state index contributed by atoms with van der Waals surface area (Å²) in [5.41, 5.74) is 0.716. The van der Waals surface area contributed by atoms with Gasteiger partial charge in [0.25, 0.3) is 17.4 Å². The number of aromatic nitrogens is 5. The molecule has 2 aliphatic heterocycles. The molecule has 3 aliphatic rings. The van der Waals surface area contributed by atoms with Crippen molar-refractivity contribution in [3.63, 3.8) is 0 Å². The summed E-state index contributed by atoms with van der Waals surface area (Å²) in [5, 5.41) is 16.5. The maximum atomic E-state index is 13.6. The van der Waals surface area contributed by atoms with E-state index in [9.17, 15) is 23.5 Å². The van der Waals surface area contributed by atoms with Crippen molar-refractivity contribution in [2.24, 2.45) is 0 Å². The molecule has 220 valence electrons. The first-order chi connectivity index (χ1) is 20.2. The third-order valence-electron chi connectivity index (χ3n) is 8.64. The fourth-order valence-electron chi connectivity index (χ4n) is 5.91. The van der Waals surface area contributed by atoms with E-state index in [0.717, 1.165) is 18.5 Å². The van der Waals surface area contributed by atoms with E-state index in [2.05, 4.69) is 15.0 Å². The van der Waals surface area contributed by atoms with Gasteiger partial charge in [0.05, 0.1) is 29.5 Å². The van der Waals surface area contributed by atoms with Crippen LogP contribution in [0.15, 0.2) is 46.0 Å². The summed E-state index contributed by atoms with van der Waals surface area (Å²) >= 11 is 0. The number of hydrogen-bond acceptors (Lipinski definition) is 8. The maximum Gasteiger partial charge on any atom is 0.291 e. The zero-order valence-corrected chi connectivity index (χ0v) is 22.9. The third kappa shape index (κ3) is 5.06. The van der Waals surface area contributed by atoms with Gasteiger partial charge < -0.3 is 24.3 Å². The highest BCUT2D eigenvalue weighted by atomic mass is 19.3. The summed E-state index contributed by atoms with van der Waals surface area (Å²) in [5.74, 6) is -1.72. The molecule has 0 bridgehead atoms. The standard InChI is InChI=1S/C29H31F2N7O4/c30-29(31)9-13-36(14-10-29)19-3-5-20(6-4-19)38-24-23(25(39)34-17-33-24)21(35-38)15-28(41)7-11-37(12-8-28)27(40)22-16-32-26(42-22)18-1-2-18/h3-6,16-18,41H,1-2,7-15H2,(H,33,34,39). The van der Waals surface area contributed by atoms with E-state index < -0.39 is 11.5 Å². The highest BCUT2D eigenvalue weighted by Crippen LogP contribution is 2.39. The van der Waals surface area contributed by atoms with Crippen LogP contribution in [0.1, 0.15) is 66.6 Å². The Hall–Kier alpha value is -4.13. The Kier molecular flexibility index (Phi) is 6.37. The van der Waals surface area contributed by atoms with Crippen molar-refractivity contribution >= 4 is 22.6 Å². The predicted molar refractivity (Wildman–Crippen MR) is 148 cm³/mol. The number of oxazole rings is 1. The second-order valence-corrected chi connectivity index (χ2v) is 11.7. The van der Waals surface area contributed by atoms with Crippen molar-refractivity contribution < 1.29 is 23.1 Å². The van der Waals surface area contributed by atoms with Crippen LogP contribution in [-0.2, 0) is 6.42 Å². The van der Waals surface area contributed by atoms with Crippen LogP contribution in [0.3, 0.4) is 0 Å². The number of carbonyl (C=O) groups excluding carboxylic acids is 1. The van der Waals surface area contributed by atoms with E-state index in [1.165, 1.54) is 12.5 Å². The Labute approximate surface area is 239 Å². The van der Waals surface area contributed by atoms with E-state index in [-0.39, 0.29) is 49.6 Å². The fraction of sp³-hybridized carbons (Fsp3) is 0.483. The number of H-pyrrole nitrogens is 1. The molecule has 1 amide bonds. The molecule has 13 heteroatoms. The summed E-state index contributed by atoms with van der Waals surface area (Å²) in [4.78, 5) is 40.6. The fourth-order valence-corrected chi connectivity index (χ4v) is 5.91. The van der Waals surface area contributed by atoms with Gasteiger partial charge in [-0.3, -0.25) is 9.59 Å². The molecule has 7 rings (SSSR count). The van der Waals surface area contributed by atoms with Crippen molar-refractivity contribution in [1.29, 1.82) is 0 Å². The zero-order chi connectivity index (χ0) is 29.1. The van der Waals surface area contributed by atoms with Crippen LogP contribution in [0.2, 0.25) is 0 Å². The van der Waals surface area contributed by atoms with Crippen molar-refractivity contribution in [2.75, 3.05) is 31.1 Å². The first-order valence-electron chi connectivity index (χ1n) is 14.3. The molecule has 0 atom stereocenters. The second-order valence-electron chi connectivity index (χ2n) is 11.7. The van der Waals surface area contributed by atoms with Crippen molar-refractivity contribution in [1.82, 2.24) is 29.6 Å². The van der Waals surface area contributed by atoms with Gasteiger partial charge in [0.2, 0.25) is 5.76 Å². The highest BCUT2D eigenvalue weighted by Gasteiger charge is 2.38. The molecule has 1 aliphatic carbocycles. The van der Waals surface area contributed by atoms with Gasteiger partial charge in [-0.15, -0.1) is 0 Å². The van der Waals surface area contributed by atoms with Crippen LogP contribution >= 0.6 is 0 Å². The van der Waals surface area contributed by atoms with Crippen LogP contribution in [0.25, 0.3) is 16.7 Å². The van der Waals surface area contributed by atoms with Crippen LogP contribution in [0.5, 0.6) is 0 Å². The van der Waals surface area contributed by atoms with E-state index in [1.807, 2.05) is 29.2 Å². The number of anilines is 1. The minimum Gasteiger partial charge on any atom is -0.435 e. The molecule has 11 nitrogen and oxygen atoms in total. The van der Waals surface area contributed by atoms with Crippen LogP contribution < -0.4 is 10.5 Å². The molecular weight excluding hydrogens is 548 g/mol. The Bertz CT molecular complexity index is 1670. The molecule has 5 heterocycles. The number of benzene rings is 1. The monoisotopic (exact) mass is 579 g/mol. The number of carbonyl (C=O) groups is 1. The lowest BCUT2D eigenvalue weighted by atomic mass is 9.86. The number of piperidine rings is 2. The minimum absolute atomic E-state index is 0.113. The number of nitrogens with one attached hydrogen (secondary N) is 1. The molecule has 3 aromatic heterocycles. The van der Waals surface area contributed by atoms with Crippen molar-refractivity contribution in [3.05, 3.63) is 64.5 Å². The summed E-state index contributed by atoms with van der Waals surface area (Å²) < 4.78 is 34.4. The molecule has 1 saturated carbocycles. The van der Waals surface area contributed by atoms with Gasteiger partial charge in [-0.05, 0) is 49.9 Å². The van der Waals surface area contributed by atoms with Crippen LogP contribution in [-0.4, -0.2) is 78.3 Å². The summed E-state index contributed by atoms with van der Waals surface area (Å²) in [6.45, 7) is 1.21. The summed E-state index contributed by atoms with van der Waals surface area (Å²) in [6, 6.07) is 7.33. The number of fused-ring (bicyclic) bond motifs is 1. The number of amides is 1. The quantitative estimate of drug-likeness (QED) is 0.355. The van der Waals surface area contributed by atoms with Gasteiger partial charge >= 0.3 is 0 Å². The molecule has 1 aromatic carbocycles. The lowest BCUT2D eigenvalue weighted by Gasteiger charge is -2.37. The predicted octanol–water partition coefficient (Wildman–Crippen LogP) is 3.42. The molecule has 4 aromatic rings. The zero-order valence-electron chi connectivity index (χ0n) is 22.9. The molecular formula is C29H31F2N7O4. The number of likely N-dealkylation sites (tertiary alicyclic amines) is 1. The van der Waals surface area contributed by atoms with Gasteiger partial charge in [0, 0.05) is 57.0 Å². The van der Waals surface area contributed by atoms with Crippen LogP contribution in [0, 0.1) is 0 Å². The number of rotatable bonds is 6. The average Bonchev–Trinajstić information content (AvgIpc) is 3.59. The summed E-state index contributed by atoms with van der Waals surface area (Å²) in [6.07, 6.45) is 5.22. The summed E-state index contributed by atoms with van der Waals surface area (Å²) in [7, 11) is 0. The molecule has 0 spiro atoms. The number of nitrogens with zero attached hydrogens (tertiary/aromatic N) is 6. The molecule has 0 radical (unpaired) electrons. The van der Waals surface area contributed by atoms with Gasteiger partial charge in [-0.2, -0.15) is 5.10 Å². The maximum absolute atomic E-state index is 13.6. The van der Waals surface area contributed by atoms with Crippen LogP contribution in [0.4, 0.5) is 14.5 Å². The number of hydrogen-bond donors (Lipinski definition) is 2. The Balaban J connectivity index is 1.08. The van der Waals surface area contributed by atoms with Gasteiger partial charge in [-0.1, -0.05) is 0 Å². The number of halogens is 2. The average molecular weight is 580 g/mol. The lowest BCUT2D eigenvalue weighted by molar-refractivity contribution is -0.0221. The van der Waals surface area contributed by atoms with Crippen molar-refractivity contribution in [2.45, 2.75) is 62.4 Å². The molecule has 2 saturated heterocycles. The number of aromatic amines is 1. The topological polar surface area (TPSA) is 133 Å². The molecule has 2 N–H and O–H groups in total. The number of alkyl halides is 2. The van der Waals surface area contributed by atoms with E-state index in [1.54, 1.807) is 9.58 Å². The second kappa shape index (κ2) is 10.0. The minimum atomic E-state index is -2.62. The molecule has 42 heavy (non-hydrogen) atoms. The number of aliphatic hydroxyl groups is 1. The highest BCUT2D eigenvalue weighted by molar-refractivity contribution is 5.91. The normalized spacial score (nSPS) is 20.3. The first kappa shape index (κ1) is 26.7. The van der Waals surface area contributed by atoms with E-state index >= 15 is 0 Å². The first-order valence-corrected chi connectivity index (χ1v) is 14.3. The molecule has 0 unspecified atom stereocenters. The third-order valence-corrected chi connectivity index (χ3v) is 8.64. The smallest absolute Gasteiger partial charge is 0.291 e. The van der Waals surface area contributed by atoms with Crippen molar-refractivity contribution in [3.8, 4) is 5.69 Å². The van der Waals surface area contributed by atoms with E-state index in [0.29, 0.717) is 60.2 Å². The molecule has 3 fully saturated rings. The van der Waals surface area contributed by atoms with Gasteiger partial charge in [-0.25, -0.2) is 23.4 Å². The van der Waals surface area contributed by atoms with Gasteiger partial charge in [0.15, 0.2) is 11.5 Å². The largest absolute Gasteiger partial charge is 0.435 e. The van der Waals surface area contributed by atoms with Gasteiger partial charge in [0.1, 0.15) is 5.39 Å². The Morgan fingerprint density at radius 2 is 1.71 bits per heavy atom. The Morgan fingerprint density at radius 1 is 1.02 bits per heavy atom.